The Labute approximate surface area is 183 Å². The molecule has 0 saturated carbocycles. The van der Waals surface area contributed by atoms with E-state index in [1.165, 1.54) is 11.4 Å². The highest BCUT2D eigenvalue weighted by Gasteiger charge is 2.30. The summed E-state index contributed by atoms with van der Waals surface area (Å²) in [4.78, 5) is 47.3. The number of carbonyl (C=O) groups excluding carboxylic acids is 2. The molecule has 1 saturated heterocycles. The Kier molecular flexibility index (Phi) is 5.13. The molecular formula is C22H25N5O3S. The summed E-state index contributed by atoms with van der Waals surface area (Å²) in [7, 11) is 0. The molecule has 2 aliphatic heterocycles. The molecule has 1 N–H and O–H groups in total. The Balaban J connectivity index is 1.47. The molecule has 5 rings (SSSR count). The Morgan fingerprint density at radius 1 is 1.29 bits per heavy atom. The number of amides is 2. The zero-order chi connectivity index (χ0) is 21.5. The lowest BCUT2D eigenvalue weighted by atomic mass is 9.99. The molecule has 0 bridgehead atoms. The zero-order valence-corrected chi connectivity index (χ0v) is 18.3. The molecule has 9 heteroatoms. The first-order valence-corrected chi connectivity index (χ1v) is 11.6. The highest BCUT2D eigenvalue weighted by atomic mass is 32.1. The van der Waals surface area contributed by atoms with Crippen molar-refractivity contribution >= 4 is 28.8 Å². The number of hydrogen-bond donors (Lipinski definition) is 1. The molecule has 8 nitrogen and oxygen atoms in total. The highest BCUT2D eigenvalue weighted by molar-refractivity contribution is 7.10. The first-order valence-electron chi connectivity index (χ1n) is 10.7. The van der Waals surface area contributed by atoms with E-state index in [0.29, 0.717) is 37.1 Å². The normalized spacial score (nSPS) is 18.9. The van der Waals surface area contributed by atoms with Gasteiger partial charge in [-0.25, -0.2) is 9.50 Å². The third kappa shape index (κ3) is 3.67. The van der Waals surface area contributed by atoms with E-state index in [1.807, 2.05) is 28.5 Å². The van der Waals surface area contributed by atoms with Gasteiger partial charge in [-0.15, -0.1) is 11.3 Å². The molecule has 0 unspecified atom stereocenters. The Hall–Kier alpha value is -2.94. The number of carbonyl (C=O) groups is 2. The summed E-state index contributed by atoms with van der Waals surface area (Å²) in [6.07, 6.45) is 3.86. The number of nitrogens with one attached hydrogen (secondary N) is 1. The number of H-pyrrole nitrogens is 1. The number of thiophene rings is 1. The number of rotatable bonds is 3. The molecule has 1 fully saturated rings. The van der Waals surface area contributed by atoms with Gasteiger partial charge in [0.15, 0.2) is 5.65 Å². The van der Waals surface area contributed by atoms with Crippen molar-refractivity contribution in [3.63, 3.8) is 0 Å². The first kappa shape index (κ1) is 20.0. The maximum Gasteiger partial charge on any atom is 0.277 e. The van der Waals surface area contributed by atoms with E-state index in [2.05, 4.69) is 5.10 Å². The van der Waals surface area contributed by atoms with Crippen molar-refractivity contribution in [2.75, 3.05) is 13.1 Å². The van der Waals surface area contributed by atoms with Crippen molar-refractivity contribution in [2.24, 2.45) is 0 Å². The summed E-state index contributed by atoms with van der Waals surface area (Å²) < 4.78 is 1.47. The first-order chi connectivity index (χ1) is 15.0. The van der Waals surface area contributed by atoms with Gasteiger partial charge in [-0.05, 0) is 30.7 Å². The van der Waals surface area contributed by atoms with E-state index in [-0.39, 0.29) is 23.4 Å². The molecule has 5 heterocycles. The van der Waals surface area contributed by atoms with Crippen LogP contribution >= 0.6 is 11.3 Å². The molecule has 0 spiro atoms. The van der Waals surface area contributed by atoms with Crippen molar-refractivity contribution in [3.05, 3.63) is 55.8 Å². The topological polar surface area (TPSA) is 90.8 Å². The van der Waals surface area contributed by atoms with Crippen LogP contribution in [0.5, 0.6) is 0 Å². The largest absolute Gasteiger partial charge is 0.338 e. The number of aromatic nitrogens is 3. The van der Waals surface area contributed by atoms with Gasteiger partial charge < -0.3 is 9.80 Å². The standard InChI is InChI=1S/C22H25N5O3S/c1-14(28)25-9-7-17-16(13-25)22(30)27-20(23-17)12-18(24-27)19-6-2-3-8-26(19)21(29)11-15-5-4-10-31-15/h4-5,10,12,19,24H,2-3,6-9,11,13H2,1H3/t19-/m1/s1. The van der Waals surface area contributed by atoms with Crippen LogP contribution in [0.2, 0.25) is 0 Å². The minimum atomic E-state index is -0.163. The van der Waals surface area contributed by atoms with Crippen molar-refractivity contribution in [2.45, 2.75) is 51.6 Å². The predicted octanol–water partition coefficient (Wildman–Crippen LogP) is 2.29. The quantitative estimate of drug-likeness (QED) is 0.678. The lowest BCUT2D eigenvalue weighted by molar-refractivity contribution is -0.134. The molecule has 3 aromatic rings. The number of fused-ring (bicyclic) bond motifs is 2. The van der Waals surface area contributed by atoms with Gasteiger partial charge in [0.2, 0.25) is 11.8 Å². The fraction of sp³-hybridized carbons (Fsp3) is 0.455. The summed E-state index contributed by atoms with van der Waals surface area (Å²) in [5.74, 6) is 0.0759. The monoisotopic (exact) mass is 439 g/mol. The Morgan fingerprint density at radius 3 is 2.94 bits per heavy atom. The number of nitrogens with zero attached hydrogens (tertiary/aromatic N) is 4. The molecule has 3 aromatic heterocycles. The second-order valence-corrected chi connectivity index (χ2v) is 9.32. The van der Waals surface area contributed by atoms with Crippen LogP contribution in [0, 0.1) is 0 Å². The van der Waals surface area contributed by atoms with Gasteiger partial charge in [0, 0.05) is 37.4 Å². The fourth-order valence-electron chi connectivity index (χ4n) is 4.66. The molecule has 2 aliphatic rings. The van der Waals surface area contributed by atoms with Crippen LogP contribution in [0.15, 0.2) is 28.4 Å². The van der Waals surface area contributed by atoms with Gasteiger partial charge in [0.1, 0.15) is 0 Å². The summed E-state index contributed by atoms with van der Waals surface area (Å²) in [6.45, 7) is 3.11. The lowest BCUT2D eigenvalue weighted by Gasteiger charge is -2.35. The zero-order valence-electron chi connectivity index (χ0n) is 17.5. The highest BCUT2D eigenvalue weighted by Crippen LogP contribution is 2.31. The maximum absolute atomic E-state index is 13.1. The van der Waals surface area contributed by atoms with E-state index >= 15 is 0 Å². The number of piperidine rings is 1. The van der Waals surface area contributed by atoms with Crippen molar-refractivity contribution in [1.29, 1.82) is 0 Å². The molecule has 0 radical (unpaired) electrons. The summed E-state index contributed by atoms with van der Waals surface area (Å²) >= 11 is 1.60. The average Bonchev–Trinajstić information content (AvgIpc) is 3.43. The molecule has 0 aromatic carbocycles. The molecule has 31 heavy (non-hydrogen) atoms. The van der Waals surface area contributed by atoms with E-state index in [0.717, 1.165) is 42.1 Å². The van der Waals surface area contributed by atoms with Crippen LogP contribution in [-0.4, -0.2) is 49.3 Å². The fourth-order valence-corrected chi connectivity index (χ4v) is 5.35. The smallest absolute Gasteiger partial charge is 0.277 e. The summed E-state index contributed by atoms with van der Waals surface area (Å²) in [5.41, 5.74) is 2.59. The van der Waals surface area contributed by atoms with Crippen LogP contribution in [-0.2, 0) is 29.0 Å². The number of hydrogen-bond acceptors (Lipinski definition) is 5. The summed E-state index contributed by atoms with van der Waals surface area (Å²) in [5, 5.41) is 5.21. The van der Waals surface area contributed by atoms with Crippen molar-refractivity contribution in [3.8, 4) is 0 Å². The van der Waals surface area contributed by atoms with Crippen molar-refractivity contribution < 1.29 is 9.59 Å². The van der Waals surface area contributed by atoms with Crippen LogP contribution < -0.4 is 5.56 Å². The predicted molar refractivity (Wildman–Crippen MR) is 117 cm³/mol. The second-order valence-electron chi connectivity index (χ2n) is 8.29. The van der Waals surface area contributed by atoms with Crippen LogP contribution in [0.4, 0.5) is 0 Å². The minimum Gasteiger partial charge on any atom is -0.338 e. The Bertz CT molecular complexity index is 1200. The molecule has 0 aliphatic carbocycles. The number of aromatic amines is 1. The lowest BCUT2D eigenvalue weighted by Crippen LogP contribution is -2.40. The van der Waals surface area contributed by atoms with Gasteiger partial charge in [-0.1, -0.05) is 6.07 Å². The molecule has 2 amide bonds. The van der Waals surface area contributed by atoms with Crippen LogP contribution in [0.25, 0.3) is 5.65 Å². The van der Waals surface area contributed by atoms with Gasteiger partial charge in [0.25, 0.3) is 5.56 Å². The van der Waals surface area contributed by atoms with Gasteiger partial charge in [-0.2, -0.15) is 0 Å². The second kappa shape index (κ2) is 7.96. The van der Waals surface area contributed by atoms with E-state index < -0.39 is 0 Å². The summed E-state index contributed by atoms with van der Waals surface area (Å²) in [6, 6.07) is 5.77. The third-order valence-corrected chi connectivity index (χ3v) is 7.19. The maximum atomic E-state index is 13.1. The van der Waals surface area contributed by atoms with Gasteiger partial charge in [0.05, 0.1) is 36.0 Å². The van der Waals surface area contributed by atoms with E-state index in [4.69, 9.17) is 4.98 Å². The number of likely N-dealkylation sites (tertiary alicyclic amines) is 1. The third-order valence-electron chi connectivity index (χ3n) is 6.31. The van der Waals surface area contributed by atoms with Crippen LogP contribution in [0.3, 0.4) is 0 Å². The van der Waals surface area contributed by atoms with E-state index in [9.17, 15) is 14.4 Å². The average molecular weight is 440 g/mol. The minimum absolute atomic E-state index is 0.0376. The van der Waals surface area contributed by atoms with E-state index in [1.54, 1.807) is 16.2 Å². The molecule has 162 valence electrons. The van der Waals surface area contributed by atoms with Gasteiger partial charge >= 0.3 is 0 Å². The van der Waals surface area contributed by atoms with Crippen molar-refractivity contribution in [1.82, 2.24) is 24.4 Å². The molecular weight excluding hydrogens is 414 g/mol. The van der Waals surface area contributed by atoms with Crippen LogP contribution in [0.1, 0.15) is 54.1 Å². The van der Waals surface area contributed by atoms with Gasteiger partial charge in [-0.3, -0.25) is 19.5 Å². The Morgan fingerprint density at radius 2 is 2.16 bits per heavy atom. The molecule has 1 atom stereocenters. The SMILES string of the molecule is CC(=O)N1CCc2nc3cc([C@H]4CCCCN4C(=O)Cc4cccs4)[nH]n3c(=O)c2C1.